The minimum Gasteiger partial charge on any atom is -0.258 e. The van der Waals surface area contributed by atoms with E-state index in [1.807, 2.05) is 30.3 Å². The molecule has 0 fully saturated rings. The Bertz CT molecular complexity index is 820. The van der Waals surface area contributed by atoms with E-state index in [1.54, 1.807) is 6.07 Å². The van der Waals surface area contributed by atoms with Crippen molar-refractivity contribution in [3.63, 3.8) is 0 Å². The summed E-state index contributed by atoms with van der Waals surface area (Å²) < 4.78 is 0. The maximum absolute atomic E-state index is 11.1. The molecule has 0 amide bonds. The molecular weight excluding hydrogens is 278 g/mol. The van der Waals surface area contributed by atoms with Gasteiger partial charge in [0.25, 0.3) is 5.69 Å². The summed E-state index contributed by atoms with van der Waals surface area (Å²) in [7, 11) is 0. The lowest BCUT2D eigenvalue weighted by molar-refractivity contribution is -0.384. The molecule has 0 spiro atoms. The monoisotopic (exact) mass is 285 g/mol. The fourth-order valence-corrected chi connectivity index (χ4v) is 2.11. The maximum Gasteiger partial charge on any atom is 0.297 e. The van der Waals surface area contributed by atoms with Crippen molar-refractivity contribution in [2.45, 2.75) is 0 Å². The zero-order valence-corrected chi connectivity index (χ0v) is 10.9. The summed E-state index contributed by atoms with van der Waals surface area (Å²) in [5.74, 6) is 0. The molecule has 0 atom stereocenters. The van der Waals surface area contributed by atoms with Gasteiger partial charge in [-0.2, -0.15) is 0 Å². The second-order valence-electron chi connectivity index (χ2n) is 4.15. The number of nitro groups is 1. The van der Waals surface area contributed by atoms with Gasteiger partial charge in [-0.05, 0) is 18.2 Å². The lowest BCUT2D eigenvalue weighted by Gasteiger charge is -2.04. The molecule has 3 aromatic rings. The molecule has 0 saturated carbocycles. The van der Waals surface area contributed by atoms with Crippen molar-refractivity contribution >= 4 is 28.2 Å². The molecule has 0 aliphatic heterocycles. The van der Waals surface area contributed by atoms with Crippen molar-refractivity contribution in [1.82, 2.24) is 9.97 Å². The zero-order chi connectivity index (χ0) is 14.1. The molecule has 0 saturated heterocycles. The average molecular weight is 286 g/mol. The number of pyridine rings is 2. The minimum atomic E-state index is -0.491. The first-order valence-electron chi connectivity index (χ1n) is 5.82. The van der Waals surface area contributed by atoms with Crippen LogP contribution in [-0.2, 0) is 0 Å². The SMILES string of the molecule is O=[N+]([O-])c1ccc(Cl)nc1-c1ccc2ccccc2n1. The Hall–Kier alpha value is -2.53. The molecule has 2 aromatic heterocycles. The number of para-hydroxylation sites is 1. The number of benzene rings is 1. The van der Waals surface area contributed by atoms with Crippen LogP contribution in [0.2, 0.25) is 5.15 Å². The molecule has 3 rings (SSSR count). The summed E-state index contributed by atoms with van der Waals surface area (Å²) in [5, 5.41) is 12.2. The summed E-state index contributed by atoms with van der Waals surface area (Å²) >= 11 is 5.83. The van der Waals surface area contributed by atoms with Gasteiger partial charge in [0, 0.05) is 11.5 Å². The van der Waals surface area contributed by atoms with E-state index in [4.69, 9.17) is 11.6 Å². The molecule has 98 valence electrons. The van der Waals surface area contributed by atoms with Gasteiger partial charge in [-0.1, -0.05) is 35.9 Å². The van der Waals surface area contributed by atoms with Gasteiger partial charge < -0.3 is 0 Å². The van der Waals surface area contributed by atoms with E-state index < -0.39 is 4.92 Å². The van der Waals surface area contributed by atoms with Crippen molar-refractivity contribution in [3.05, 3.63) is 63.8 Å². The second-order valence-corrected chi connectivity index (χ2v) is 4.54. The van der Waals surface area contributed by atoms with Crippen molar-refractivity contribution in [2.24, 2.45) is 0 Å². The van der Waals surface area contributed by atoms with Crippen LogP contribution in [0.1, 0.15) is 0 Å². The fraction of sp³-hybridized carbons (Fsp3) is 0. The van der Waals surface area contributed by atoms with Gasteiger partial charge in [-0.15, -0.1) is 0 Å². The number of aromatic nitrogens is 2. The first-order valence-corrected chi connectivity index (χ1v) is 6.20. The molecule has 0 aliphatic rings. The average Bonchev–Trinajstić information content (AvgIpc) is 2.46. The van der Waals surface area contributed by atoms with E-state index in [0.717, 1.165) is 10.9 Å². The van der Waals surface area contributed by atoms with Crippen molar-refractivity contribution in [2.75, 3.05) is 0 Å². The van der Waals surface area contributed by atoms with Crippen LogP contribution < -0.4 is 0 Å². The van der Waals surface area contributed by atoms with Crippen molar-refractivity contribution in [1.29, 1.82) is 0 Å². The van der Waals surface area contributed by atoms with Crippen LogP contribution >= 0.6 is 11.6 Å². The zero-order valence-electron chi connectivity index (χ0n) is 10.2. The van der Waals surface area contributed by atoms with Gasteiger partial charge in [0.05, 0.1) is 16.1 Å². The van der Waals surface area contributed by atoms with Crippen LogP contribution in [0.4, 0.5) is 5.69 Å². The maximum atomic E-state index is 11.1. The molecular formula is C14H8ClN3O2. The highest BCUT2D eigenvalue weighted by Crippen LogP contribution is 2.29. The first kappa shape index (κ1) is 12.5. The van der Waals surface area contributed by atoms with Crippen LogP contribution in [0.5, 0.6) is 0 Å². The topological polar surface area (TPSA) is 68.9 Å². The molecule has 20 heavy (non-hydrogen) atoms. The third-order valence-corrected chi connectivity index (χ3v) is 3.09. The Morgan fingerprint density at radius 1 is 1.00 bits per heavy atom. The first-order chi connectivity index (χ1) is 9.65. The molecule has 0 radical (unpaired) electrons. The fourth-order valence-electron chi connectivity index (χ4n) is 1.96. The summed E-state index contributed by atoms with van der Waals surface area (Å²) in [5.41, 5.74) is 1.24. The van der Waals surface area contributed by atoms with Crippen molar-refractivity contribution in [3.8, 4) is 11.4 Å². The van der Waals surface area contributed by atoms with Gasteiger partial charge in [0.2, 0.25) is 0 Å². The Morgan fingerprint density at radius 2 is 1.80 bits per heavy atom. The van der Waals surface area contributed by atoms with Crippen molar-refractivity contribution < 1.29 is 4.92 Å². The number of rotatable bonds is 2. The van der Waals surface area contributed by atoms with E-state index in [1.165, 1.54) is 12.1 Å². The number of hydrogen-bond acceptors (Lipinski definition) is 4. The predicted molar refractivity (Wildman–Crippen MR) is 76.6 cm³/mol. The largest absolute Gasteiger partial charge is 0.297 e. The normalized spacial score (nSPS) is 10.7. The predicted octanol–water partition coefficient (Wildman–Crippen LogP) is 3.86. The standard InChI is InChI=1S/C14H8ClN3O2/c15-13-8-7-12(18(19)20)14(17-13)11-6-5-9-3-1-2-4-10(9)16-11/h1-8H. The van der Waals surface area contributed by atoms with Crippen LogP contribution in [0.15, 0.2) is 48.5 Å². The molecule has 0 aliphatic carbocycles. The Labute approximate surface area is 119 Å². The van der Waals surface area contributed by atoms with Crippen LogP contribution in [0.25, 0.3) is 22.3 Å². The number of halogens is 1. The minimum absolute atomic E-state index is 0.114. The molecule has 2 heterocycles. The van der Waals surface area contributed by atoms with E-state index >= 15 is 0 Å². The van der Waals surface area contributed by atoms with E-state index in [9.17, 15) is 10.1 Å². The molecule has 0 N–H and O–H groups in total. The highest BCUT2D eigenvalue weighted by molar-refractivity contribution is 6.29. The van der Waals surface area contributed by atoms with Gasteiger partial charge in [-0.3, -0.25) is 10.1 Å². The molecule has 1 aromatic carbocycles. The summed E-state index contributed by atoms with van der Waals surface area (Å²) in [6.45, 7) is 0. The third kappa shape index (κ3) is 2.19. The van der Waals surface area contributed by atoms with Gasteiger partial charge in [0.15, 0.2) is 5.69 Å². The Kier molecular flexibility index (Phi) is 3.04. The van der Waals surface area contributed by atoms with Crippen LogP contribution in [0.3, 0.4) is 0 Å². The quantitative estimate of drug-likeness (QED) is 0.407. The summed E-state index contributed by atoms with van der Waals surface area (Å²) in [4.78, 5) is 19.0. The molecule has 0 bridgehead atoms. The molecule has 6 heteroatoms. The van der Waals surface area contributed by atoms with Gasteiger partial charge >= 0.3 is 0 Å². The third-order valence-electron chi connectivity index (χ3n) is 2.88. The second kappa shape index (κ2) is 4.86. The number of fused-ring (bicyclic) bond motifs is 1. The highest BCUT2D eigenvalue weighted by Gasteiger charge is 2.18. The van der Waals surface area contributed by atoms with Gasteiger partial charge in [0.1, 0.15) is 5.15 Å². The van der Waals surface area contributed by atoms with E-state index in [-0.39, 0.29) is 16.5 Å². The van der Waals surface area contributed by atoms with Crippen LogP contribution in [-0.4, -0.2) is 14.9 Å². The Balaban J connectivity index is 2.24. The van der Waals surface area contributed by atoms with Crippen LogP contribution in [0, 0.1) is 10.1 Å². The van der Waals surface area contributed by atoms with E-state index in [0.29, 0.717) is 5.69 Å². The van der Waals surface area contributed by atoms with Gasteiger partial charge in [-0.25, -0.2) is 9.97 Å². The highest BCUT2D eigenvalue weighted by atomic mass is 35.5. The summed E-state index contributed by atoms with van der Waals surface area (Å²) in [6, 6.07) is 13.8. The Morgan fingerprint density at radius 3 is 2.60 bits per heavy atom. The molecule has 5 nitrogen and oxygen atoms in total. The molecule has 0 unspecified atom stereocenters. The summed E-state index contributed by atoms with van der Waals surface area (Å²) in [6.07, 6.45) is 0. The number of hydrogen-bond donors (Lipinski definition) is 0. The lowest BCUT2D eigenvalue weighted by atomic mass is 10.1. The lowest BCUT2D eigenvalue weighted by Crippen LogP contribution is -1.96. The van der Waals surface area contributed by atoms with E-state index in [2.05, 4.69) is 9.97 Å². The number of nitrogens with zero attached hydrogens (tertiary/aromatic N) is 3. The smallest absolute Gasteiger partial charge is 0.258 e.